The Labute approximate surface area is 118 Å². The first-order valence-electron chi connectivity index (χ1n) is 6.53. The van der Waals surface area contributed by atoms with Gasteiger partial charge in [-0.2, -0.15) is 5.10 Å². The molecule has 0 radical (unpaired) electrons. The molecule has 0 aliphatic carbocycles. The highest BCUT2D eigenvalue weighted by molar-refractivity contribution is 5.63. The number of ether oxygens (including phenoxy) is 1. The minimum Gasteiger partial charge on any atom is -0.494 e. The molecule has 0 fully saturated rings. The molecule has 0 aliphatic rings. The van der Waals surface area contributed by atoms with E-state index in [1.165, 1.54) is 11.1 Å². The largest absolute Gasteiger partial charge is 0.494 e. The van der Waals surface area contributed by atoms with Crippen LogP contribution in [0, 0.1) is 6.92 Å². The van der Waals surface area contributed by atoms with Crippen LogP contribution in [0.5, 0.6) is 5.75 Å². The van der Waals surface area contributed by atoms with Gasteiger partial charge in [0.25, 0.3) is 0 Å². The predicted octanol–water partition coefficient (Wildman–Crippen LogP) is 3.86. The Morgan fingerprint density at radius 3 is 2.65 bits per heavy atom. The van der Waals surface area contributed by atoms with Gasteiger partial charge in [-0.05, 0) is 24.6 Å². The van der Waals surface area contributed by atoms with Gasteiger partial charge in [0.15, 0.2) is 0 Å². The number of nitrogens with zero attached hydrogens (tertiary/aromatic N) is 2. The fourth-order valence-electron chi connectivity index (χ4n) is 2.25. The Kier molecular flexibility index (Phi) is 3.25. The molecular formula is C17H16N2O. The van der Waals surface area contributed by atoms with Crippen LogP contribution in [-0.4, -0.2) is 16.9 Å². The number of methoxy groups -OCH3 is 1. The van der Waals surface area contributed by atoms with E-state index in [9.17, 15) is 0 Å². The molecule has 0 bridgehead atoms. The van der Waals surface area contributed by atoms with Crippen LogP contribution in [0.4, 0.5) is 0 Å². The van der Waals surface area contributed by atoms with Gasteiger partial charge in [-0.15, -0.1) is 0 Å². The smallest absolute Gasteiger partial charge is 0.144 e. The van der Waals surface area contributed by atoms with Crippen molar-refractivity contribution in [3.63, 3.8) is 0 Å². The van der Waals surface area contributed by atoms with Gasteiger partial charge < -0.3 is 4.74 Å². The van der Waals surface area contributed by atoms with Crippen LogP contribution in [-0.2, 0) is 0 Å². The lowest BCUT2D eigenvalue weighted by Gasteiger charge is -2.07. The highest BCUT2D eigenvalue weighted by Gasteiger charge is 2.07. The molecule has 0 aliphatic heterocycles. The van der Waals surface area contributed by atoms with E-state index in [1.54, 1.807) is 7.11 Å². The predicted molar refractivity (Wildman–Crippen MR) is 80.3 cm³/mol. The standard InChI is InChI=1S/C17H16N2O/c1-13-6-5-7-14(10-13)15-11-18-19(12-15)16-8-3-4-9-17(16)20-2/h3-12H,1-2H3. The van der Waals surface area contributed by atoms with Crippen LogP contribution in [0.2, 0.25) is 0 Å². The molecule has 3 aromatic rings. The third kappa shape index (κ3) is 2.30. The second kappa shape index (κ2) is 5.21. The van der Waals surface area contributed by atoms with Gasteiger partial charge in [0, 0.05) is 11.8 Å². The summed E-state index contributed by atoms with van der Waals surface area (Å²) in [7, 11) is 1.67. The number of rotatable bonds is 3. The molecule has 0 N–H and O–H groups in total. The summed E-state index contributed by atoms with van der Waals surface area (Å²) in [5.74, 6) is 0.811. The highest BCUT2D eigenvalue weighted by Crippen LogP contribution is 2.25. The summed E-state index contributed by atoms with van der Waals surface area (Å²) in [5, 5.41) is 4.44. The van der Waals surface area contributed by atoms with Crippen LogP contribution in [0.3, 0.4) is 0 Å². The van der Waals surface area contributed by atoms with Crippen molar-refractivity contribution in [2.45, 2.75) is 6.92 Å². The number of para-hydroxylation sites is 2. The van der Waals surface area contributed by atoms with E-state index in [-0.39, 0.29) is 0 Å². The van der Waals surface area contributed by atoms with Crippen LogP contribution in [0.15, 0.2) is 60.9 Å². The third-order valence-electron chi connectivity index (χ3n) is 3.27. The fourth-order valence-corrected chi connectivity index (χ4v) is 2.25. The van der Waals surface area contributed by atoms with Gasteiger partial charge in [-0.3, -0.25) is 0 Å². The Morgan fingerprint density at radius 2 is 1.85 bits per heavy atom. The van der Waals surface area contributed by atoms with Crippen molar-refractivity contribution in [3.8, 4) is 22.6 Å². The SMILES string of the molecule is COc1ccccc1-n1cc(-c2cccc(C)c2)cn1. The molecule has 3 nitrogen and oxygen atoms in total. The molecular weight excluding hydrogens is 248 g/mol. The monoisotopic (exact) mass is 264 g/mol. The average Bonchev–Trinajstić information content (AvgIpc) is 2.97. The molecule has 1 heterocycles. The van der Waals surface area contributed by atoms with Crippen molar-refractivity contribution in [1.82, 2.24) is 9.78 Å². The molecule has 1 aromatic heterocycles. The second-order valence-electron chi connectivity index (χ2n) is 4.71. The maximum Gasteiger partial charge on any atom is 0.144 e. The Morgan fingerprint density at radius 1 is 1.00 bits per heavy atom. The summed E-state index contributed by atoms with van der Waals surface area (Å²) in [5.41, 5.74) is 4.45. The summed E-state index contributed by atoms with van der Waals surface area (Å²) < 4.78 is 7.22. The van der Waals surface area contributed by atoms with Crippen LogP contribution >= 0.6 is 0 Å². The van der Waals surface area contributed by atoms with Crippen LogP contribution in [0.25, 0.3) is 16.8 Å². The number of aromatic nitrogens is 2. The van der Waals surface area contributed by atoms with Crippen LogP contribution < -0.4 is 4.74 Å². The lowest BCUT2D eigenvalue weighted by Crippen LogP contribution is -1.97. The maximum absolute atomic E-state index is 5.37. The fraction of sp³-hybridized carbons (Fsp3) is 0.118. The zero-order valence-electron chi connectivity index (χ0n) is 11.6. The first kappa shape index (κ1) is 12.5. The summed E-state index contributed by atoms with van der Waals surface area (Å²) in [6, 6.07) is 16.3. The Hall–Kier alpha value is -2.55. The van der Waals surface area contributed by atoms with Crippen molar-refractivity contribution in [3.05, 3.63) is 66.5 Å². The minimum atomic E-state index is 0.811. The minimum absolute atomic E-state index is 0.811. The van der Waals surface area contributed by atoms with Gasteiger partial charge in [-0.1, -0.05) is 42.0 Å². The summed E-state index contributed by atoms with van der Waals surface area (Å²) in [6.07, 6.45) is 3.90. The number of hydrogen-bond acceptors (Lipinski definition) is 2. The van der Waals surface area contributed by atoms with Gasteiger partial charge in [0.05, 0.1) is 13.3 Å². The topological polar surface area (TPSA) is 27.1 Å². The van der Waals surface area contributed by atoms with E-state index in [0.29, 0.717) is 0 Å². The van der Waals surface area contributed by atoms with E-state index < -0.39 is 0 Å². The summed E-state index contributed by atoms with van der Waals surface area (Å²) >= 11 is 0. The van der Waals surface area contributed by atoms with Crippen molar-refractivity contribution < 1.29 is 4.74 Å². The second-order valence-corrected chi connectivity index (χ2v) is 4.71. The zero-order chi connectivity index (χ0) is 13.9. The van der Waals surface area contributed by atoms with E-state index in [2.05, 4.69) is 36.3 Å². The van der Waals surface area contributed by atoms with Gasteiger partial charge in [0.1, 0.15) is 11.4 Å². The van der Waals surface area contributed by atoms with Crippen molar-refractivity contribution in [2.75, 3.05) is 7.11 Å². The van der Waals surface area contributed by atoms with Crippen LogP contribution in [0.1, 0.15) is 5.56 Å². The van der Waals surface area contributed by atoms with Gasteiger partial charge >= 0.3 is 0 Å². The molecule has 3 heteroatoms. The van der Waals surface area contributed by atoms with Gasteiger partial charge in [0.2, 0.25) is 0 Å². The van der Waals surface area contributed by atoms with Crippen molar-refractivity contribution >= 4 is 0 Å². The van der Waals surface area contributed by atoms with Crippen molar-refractivity contribution in [2.24, 2.45) is 0 Å². The lowest BCUT2D eigenvalue weighted by atomic mass is 10.1. The quantitative estimate of drug-likeness (QED) is 0.718. The molecule has 0 atom stereocenters. The third-order valence-corrected chi connectivity index (χ3v) is 3.27. The molecule has 0 saturated carbocycles. The number of hydrogen-bond donors (Lipinski definition) is 0. The van der Waals surface area contributed by atoms with E-state index in [4.69, 9.17) is 4.74 Å². The molecule has 100 valence electrons. The highest BCUT2D eigenvalue weighted by atomic mass is 16.5. The zero-order valence-corrected chi connectivity index (χ0v) is 11.6. The summed E-state index contributed by atoms with van der Waals surface area (Å²) in [6.45, 7) is 2.09. The molecule has 0 unspecified atom stereocenters. The molecule has 2 aromatic carbocycles. The first-order valence-corrected chi connectivity index (χ1v) is 6.53. The molecule has 20 heavy (non-hydrogen) atoms. The molecule has 0 amide bonds. The molecule has 0 spiro atoms. The van der Waals surface area contributed by atoms with E-state index in [0.717, 1.165) is 17.0 Å². The first-order chi connectivity index (χ1) is 9.78. The van der Waals surface area contributed by atoms with Gasteiger partial charge in [-0.25, -0.2) is 4.68 Å². The number of benzene rings is 2. The van der Waals surface area contributed by atoms with E-state index in [1.807, 2.05) is 41.3 Å². The normalized spacial score (nSPS) is 10.5. The Bertz CT molecular complexity index is 731. The lowest BCUT2D eigenvalue weighted by molar-refractivity contribution is 0.411. The molecule has 3 rings (SSSR count). The molecule has 0 saturated heterocycles. The maximum atomic E-state index is 5.37. The Balaban J connectivity index is 2.02. The average molecular weight is 264 g/mol. The van der Waals surface area contributed by atoms with Crippen molar-refractivity contribution in [1.29, 1.82) is 0 Å². The number of aryl methyl sites for hydroxylation is 1. The van der Waals surface area contributed by atoms with E-state index >= 15 is 0 Å². The summed E-state index contributed by atoms with van der Waals surface area (Å²) in [4.78, 5) is 0.